The lowest BCUT2D eigenvalue weighted by Crippen LogP contribution is -2.08. The maximum atomic E-state index is 11.9. The van der Waals surface area contributed by atoms with E-state index in [9.17, 15) is 9.90 Å². The van der Waals surface area contributed by atoms with Crippen molar-refractivity contribution in [3.05, 3.63) is 82.3 Å². The van der Waals surface area contributed by atoms with Crippen LogP contribution in [0, 0.1) is 6.92 Å². The maximum Gasteiger partial charge on any atom is 0.345 e. The first-order chi connectivity index (χ1) is 17.3. The Labute approximate surface area is 217 Å². The third kappa shape index (κ3) is 4.16. The molecule has 5 heteroatoms. The Hall–Kier alpha value is -3.31. The Morgan fingerprint density at radius 1 is 1.19 bits per heavy atom. The van der Waals surface area contributed by atoms with Gasteiger partial charge in [0, 0.05) is 24.2 Å². The van der Waals surface area contributed by atoms with Gasteiger partial charge in [-0.15, -0.1) is 11.3 Å². The predicted octanol–water partition coefficient (Wildman–Crippen LogP) is 8.55. The van der Waals surface area contributed by atoms with Gasteiger partial charge in [-0.05, 0) is 60.9 Å². The number of allylic oxidation sites excluding steroid dienone is 4. The van der Waals surface area contributed by atoms with E-state index in [2.05, 4.69) is 54.8 Å². The van der Waals surface area contributed by atoms with Gasteiger partial charge in [0.2, 0.25) is 0 Å². The number of nitrogens with one attached hydrogen (secondary N) is 1. The van der Waals surface area contributed by atoms with Crippen molar-refractivity contribution in [3.8, 4) is 11.3 Å². The number of hydrogen-bond donors (Lipinski definition) is 2. The zero-order chi connectivity index (χ0) is 25.6. The van der Waals surface area contributed by atoms with Gasteiger partial charge < -0.3 is 15.0 Å². The number of anilines is 1. The minimum Gasteiger partial charge on any atom is -0.477 e. The van der Waals surface area contributed by atoms with Gasteiger partial charge in [-0.1, -0.05) is 68.9 Å². The van der Waals surface area contributed by atoms with Crippen molar-refractivity contribution in [1.29, 1.82) is 0 Å². The van der Waals surface area contributed by atoms with E-state index in [1.165, 1.54) is 53.0 Å². The van der Waals surface area contributed by atoms with Crippen molar-refractivity contribution >= 4 is 39.3 Å². The summed E-state index contributed by atoms with van der Waals surface area (Å²) in [5.41, 5.74) is 11.0. The molecule has 0 radical (unpaired) electrons. The van der Waals surface area contributed by atoms with Gasteiger partial charge in [0.1, 0.15) is 4.88 Å². The van der Waals surface area contributed by atoms with Crippen molar-refractivity contribution in [2.45, 2.75) is 58.4 Å². The molecule has 36 heavy (non-hydrogen) atoms. The summed E-state index contributed by atoms with van der Waals surface area (Å²) in [6.45, 7) is 18.0. The van der Waals surface area contributed by atoms with E-state index in [0.29, 0.717) is 10.8 Å². The second-order valence-corrected chi connectivity index (χ2v) is 11.2. The monoisotopic (exact) mass is 498 g/mol. The van der Waals surface area contributed by atoms with E-state index < -0.39 is 5.97 Å². The summed E-state index contributed by atoms with van der Waals surface area (Å²) in [5, 5.41) is 13.4. The molecular weight excluding hydrogens is 464 g/mol. The van der Waals surface area contributed by atoms with E-state index in [0.717, 1.165) is 64.1 Å². The van der Waals surface area contributed by atoms with Gasteiger partial charge in [-0.3, -0.25) is 0 Å². The van der Waals surface area contributed by atoms with E-state index in [4.69, 9.17) is 0 Å². The highest BCUT2D eigenvalue weighted by Gasteiger charge is 2.31. The van der Waals surface area contributed by atoms with Gasteiger partial charge in [0.05, 0.1) is 21.6 Å². The van der Waals surface area contributed by atoms with Crippen molar-refractivity contribution in [1.82, 2.24) is 4.57 Å². The molecular formula is C31H34N2O2S. The number of aromatic carboxylic acids is 1. The highest BCUT2D eigenvalue weighted by molar-refractivity contribution is 7.21. The summed E-state index contributed by atoms with van der Waals surface area (Å²) in [5.74, 6) is -0.380. The molecule has 2 aromatic heterocycles. The predicted molar refractivity (Wildman–Crippen MR) is 153 cm³/mol. The van der Waals surface area contributed by atoms with Gasteiger partial charge in [-0.2, -0.15) is 0 Å². The first kappa shape index (κ1) is 24.4. The van der Waals surface area contributed by atoms with Gasteiger partial charge in [0.15, 0.2) is 0 Å². The number of thiophene rings is 1. The molecule has 1 aliphatic carbocycles. The molecule has 4 nitrogen and oxygen atoms in total. The second-order valence-electron chi connectivity index (χ2n) is 10.1. The van der Waals surface area contributed by atoms with Gasteiger partial charge >= 0.3 is 5.97 Å². The average Bonchev–Trinajstić information content (AvgIpc) is 3.35. The minimum atomic E-state index is -0.841. The van der Waals surface area contributed by atoms with Crippen LogP contribution in [0.2, 0.25) is 0 Å². The number of hydrogen-bond acceptors (Lipinski definition) is 3. The maximum absolute atomic E-state index is 11.9. The first-order valence-electron chi connectivity index (χ1n) is 12.8. The number of rotatable bonds is 6. The standard InChI is InChI=1S/C31H34N2O2S/c1-18(2)21(5)19(3)11-13-23-20(4)12-14-24-28(23)32-15-16-33-25-17-26(31(34)35)36-30(25)27(29(24)33)22-9-7-6-8-10-22/h11-14,17,22,32H,1,3,5-10,15-16H2,2,4H3,(H,34,35)/b13-11-. The van der Waals surface area contributed by atoms with Crippen molar-refractivity contribution in [2.24, 2.45) is 0 Å². The molecule has 0 bridgehead atoms. The fraction of sp³-hybridized carbons (Fsp3) is 0.323. The van der Waals surface area contributed by atoms with Crippen LogP contribution >= 0.6 is 11.3 Å². The van der Waals surface area contributed by atoms with Gasteiger partial charge in [0.25, 0.3) is 0 Å². The first-order valence-corrected chi connectivity index (χ1v) is 13.6. The molecule has 2 aliphatic rings. The molecule has 1 saturated carbocycles. The zero-order valence-electron chi connectivity index (χ0n) is 21.2. The molecule has 0 amide bonds. The van der Waals surface area contributed by atoms with Crippen LogP contribution in [0.15, 0.2) is 60.7 Å². The van der Waals surface area contributed by atoms with E-state index in [-0.39, 0.29) is 0 Å². The number of nitrogens with zero attached hydrogens (tertiary/aromatic N) is 1. The van der Waals surface area contributed by atoms with E-state index >= 15 is 0 Å². The van der Waals surface area contributed by atoms with E-state index in [1.807, 2.05) is 19.1 Å². The molecule has 5 rings (SSSR count). The van der Waals surface area contributed by atoms with E-state index in [1.54, 1.807) is 0 Å². The van der Waals surface area contributed by atoms with Crippen LogP contribution in [0.4, 0.5) is 5.69 Å². The molecule has 1 aliphatic heterocycles. The number of benzene rings is 1. The Kier molecular flexibility index (Phi) is 6.52. The van der Waals surface area contributed by atoms with Crippen LogP contribution in [-0.4, -0.2) is 22.2 Å². The van der Waals surface area contributed by atoms with Crippen LogP contribution in [0.5, 0.6) is 0 Å². The van der Waals surface area contributed by atoms with Crippen LogP contribution < -0.4 is 5.32 Å². The molecule has 3 heterocycles. The Morgan fingerprint density at radius 3 is 2.64 bits per heavy atom. The molecule has 0 atom stereocenters. The average molecular weight is 499 g/mol. The SMILES string of the molecule is C=C(C)C(=C)C(=C)/C=C\c1c(C)ccc2c1NCCn1c-2c(C2CCCCC2)c2sc(C(=O)O)cc21. The van der Waals surface area contributed by atoms with Crippen LogP contribution in [0.25, 0.3) is 27.6 Å². The highest BCUT2D eigenvalue weighted by Crippen LogP contribution is 2.49. The number of aromatic nitrogens is 1. The van der Waals surface area contributed by atoms with Crippen LogP contribution in [0.1, 0.15) is 71.3 Å². The number of carboxylic acid groups (broad SMARTS) is 1. The lowest BCUT2D eigenvalue weighted by atomic mass is 9.82. The topological polar surface area (TPSA) is 54.3 Å². The lowest BCUT2D eigenvalue weighted by Gasteiger charge is -2.24. The van der Waals surface area contributed by atoms with Crippen molar-refractivity contribution in [3.63, 3.8) is 0 Å². The summed E-state index contributed by atoms with van der Waals surface area (Å²) in [6.07, 6.45) is 10.2. The van der Waals surface area contributed by atoms with Crippen molar-refractivity contribution in [2.75, 3.05) is 11.9 Å². The molecule has 1 fully saturated rings. The number of carboxylic acids is 1. The smallest absolute Gasteiger partial charge is 0.345 e. The molecule has 0 unspecified atom stereocenters. The highest BCUT2D eigenvalue weighted by atomic mass is 32.1. The fourth-order valence-corrected chi connectivity index (χ4v) is 6.85. The molecule has 1 aromatic carbocycles. The fourth-order valence-electron chi connectivity index (χ4n) is 5.72. The number of fused-ring (bicyclic) bond motifs is 5. The number of carbonyl (C=O) groups is 1. The number of aryl methyl sites for hydroxylation is 1. The Balaban J connectivity index is 1.71. The van der Waals surface area contributed by atoms with Crippen molar-refractivity contribution < 1.29 is 9.90 Å². The third-order valence-electron chi connectivity index (χ3n) is 7.71. The Bertz CT molecular complexity index is 1440. The quantitative estimate of drug-likeness (QED) is 0.335. The second kappa shape index (κ2) is 9.62. The Morgan fingerprint density at radius 2 is 1.94 bits per heavy atom. The molecule has 0 saturated heterocycles. The largest absolute Gasteiger partial charge is 0.477 e. The van der Waals surface area contributed by atoms with Gasteiger partial charge in [-0.25, -0.2) is 4.79 Å². The molecule has 0 spiro atoms. The lowest BCUT2D eigenvalue weighted by molar-refractivity contribution is 0.0702. The molecule has 2 N–H and O–H groups in total. The normalized spacial score (nSPS) is 15.8. The minimum absolute atomic E-state index is 0.425. The van der Waals surface area contributed by atoms with Crippen LogP contribution in [-0.2, 0) is 6.54 Å². The summed E-state index contributed by atoms with van der Waals surface area (Å²) in [4.78, 5) is 12.3. The molecule has 3 aromatic rings. The van der Waals surface area contributed by atoms with Crippen LogP contribution in [0.3, 0.4) is 0 Å². The summed E-state index contributed by atoms with van der Waals surface area (Å²) in [7, 11) is 0. The summed E-state index contributed by atoms with van der Waals surface area (Å²) < 4.78 is 3.53. The summed E-state index contributed by atoms with van der Waals surface area (Å²) in [6, 6.07) is 6.31. The summed E-state index contributed by atoms with van der Waals surface area (Å²) >= 11 is 1.44. The third-order valence-corrected chi connectivity index (χ3v) is 8.85. The zero-order valence-corrected chi connectivity index (χ0v) is 22.1. The molecule has 186 valence electrons.